The van der Waals surface area contributed by atoms with Gasteiger partial charge in [-0.2, -0.15) is 9.78 Å². The molecule has 0 aliphatic carbocycles. The molecule has 1 heterocycles. The Bertz CT molecular complexity index is 344. The normalized spacial score (nSPS) is 19.6. The van der Waals surface area contributed by atoms with Gasteiger partial charge < -0.3 is 5.11 Å². The molecular formula is C17H32O4. The summed E-state index contributed by atoms with van der Waals surface area (Å²) < 4.78 is 0. The molecule has 21 heavy (non-hydrogen) atoms. The van der Waals surface area contributed by atoms with Crippen LogP contribution >= 0.6 is 0 Å². The molecule has 1 aliphatic heterocycles. The van der Waals surface area contributed by atoms with E-state index in [1.165, 1.54) is 0 Å². The third-order valence-electron chi connectivity index (χ3n) is 4.58. The van der Waals surface area contributed by atoms with Gasteiger partial charge in [0.2, 0.25) is 5.79 Å². The number of aliphatic carboxylic acids is 1. The number of rotatable bonds is 7. The molecule has 0 saturated carbocycles. The maximum absolute atomic E-state index is 11.5. The number of carbonyl (C=O) groups is 1. The van der Waals surface area contributed by atoms with Gasteiger partial charge in [-0.15, -0.1) is 0 Å². The summed E-state index contributed by atoms with van der Waals surface area (Å²) in [5, 5.41) is 9.40. The molecule has 0 radical (unpaired) electrons. The number of carboxylic acids is 1. The van der Waals surface area contributed by atoms with E-state index in [1.807, 2.05) is 6.92 Å². The standard InChI is InChI=1S/C17H32O4/c1-8-9-12(14(18)19)17(20-21-17)11-10-13(15(2,3)4)16(5,6)7/h12-13H,8-11H2,1-7H3,(H,18,19). The second-order valence-corrected chi connectivity index (χ2v) is 8.48. The first-order valence-corrected chi connectivity index (χ1v) is 8.03. The number of hydrogen-bond acceptors (Lipinski definition) is 3. The lowest BCUT2D eigenvalue weighted by atomic mass is 9.64. The molecule has 1 N–H and O–H groups in total. The highest BCUT2D eigenvalue weighted by molar-refractivity contribution is 5.71. The maximum atomic E-state index is 11.5. The number of hydrogen-bond donors (Lipinski definition) is 1. The van der Waals surface area contributed by atoms with Gasteiger partial charge in [-0.1, -0.05) is 54.9 Å². The zero-order valence-corrected chi connectivity index (χ0v) is 14.7. The molecule has 124 valence electrons. The summed E-state index contributed by atoms with van der Waals surface area (Å²) in [5.74, 6) is -1.82. The van der Waals surface area contributed by atoms with Gasteiger partial charge >= 0.3 is 5.97 Å². The van der Waals surface area contributed by atoms with E-state index in [2.05, 4.69) is 41.5 Å². The minimum atomic E-state index is -0.892. The fourth-order valence-corrected chi connectivity index (χ4v) is 3.76. The Kier molecular flexibility index (Phi) is 5.49. The van der Waals surface area contributed by atoms with Gasteiger partial charge in [0.1, 0.15) is 5.92 Å². The van der Waals surface area contributed by atoms with Crippen molar-refractivity contribution in [1.29, 1.82) is 0 Å². The molecule has 1 fully saturated rings. The fourth-order valence-electron chi connectivity index (χ4n) is 3.76. The first-order valence-electron chi connectivity index (χ1n) is 8.03. The molecular weight excluding hydrogens is 268 g/mol. The molecule has 0 aromatic heterocycles. The third-order valence-corrected chi connectivity index (χ3v) is 4.58. The van der Waals surface area contributed by atoms with E-state index in [1.54, 1.807) is 0 Å². The minimum Gasteiger partial charge on any atom is -0.481 e. The fraction of sp³-hybridized carbons (Fsp3) is 0.941. The van der Waals surface area contributed by atoms with Crippen LogP contribution in [0.4, 0.5) is 0 Å². The molecule has 0 spiro atoms. The minimum absolute atomic E-state index is 0.164. The van der Waals surface area contributed by atoms with Crippen molar-refractivity contribution in [2.24, 2.45) is 22.7 Å². The van der Waals surface area contributed by atoms with E-state index in [4.69, 9.17) is 9.78 Å². The van der Waals surface area contributed by atoms with Crippen LogP contribution < -0.4 is 0 Å². The Morgan fingerprint density at radius 3 is 1.81 bits per heavy atom. The average Bonchev–Trinajstić information content (AvgIpc) is 3.02. The average molecular weight is 300 g/mol. The Hall–Kier alpha value is -0.610. The zero-order valence-electron chi connectivity index (χ0n) is 14.7. The zero-order chi connectivity index (χ0) is 16.5. The second kappa shape index (κ2) is 6.25. The van der Waals surface area contributed by atoms with E-state index in [9.17, 15) is 9.90 Å². The lowest BCUT2D eigenvalue weighted by molar-refractivity contribution is -0.145. The van der Waals surface area contributed by atoms with Crippen molar-refractivity contribution >= 4 is 5.97 Å². The molecule has 1 unspecified atom stereocenters. The molecule has 1 rings (SSSR count). The Balaban J connectivity index is 2.78. The van der Waals surface area contributed by atoms with Crippen LogP contribution in [0.15, 0.2) is 0 Å². The molecule has 0 bridgehead atoms. The van der Waals surface area contributed by atoms with Crippen molar-refractivity contribution in [3.05, 3.63) is 0 Å². The van der Waals surface area contributed by atoms with Gasteiger partial charge in [0.15, 0.2) is 0 Å². The van der Waals surface area contributed by atoms with Gasteiger partial charge in [0.05, 0.1) is 0 Å². The van der Waals surface area contributed by atoms with Crippen molar-refractivity contribution in [1.82, 2.24) is 0 Å². The van der Waals surface area contributed by atoms with E-state index in [0.717, 1.165) is 12.8 Å². The molecule has 0 aromatic rings. The molecule has 4 nitrogen and oxygen atoms in total. The Morgan fingerprint density at radius 1 is 1.05 bits per heavy atom. The van der Waals surface area contributed by atoms with Crippen LogP contribution in [0.25, 0.3) is 0 Å². The van der Waals surface area contributed by atoms with Crippen LogP contribution in [0, 0.1) is 22.7 Å². The highest BCUT2D eigenvalue weighted by Crippen LogP contribution is 2.49. The third kappa shape index (κ3) is 4.68. The predicted molar refractivity (Wildman–Crippen MR) is 82.6 cm³/mol. The second-order valence-electron chi connectivity index (χ2n) is 8.48. The highest BCUT2D eigenvalue weighted by Gasteiger charge is 2.58. The predicted octanol–water partition coefficient (Wildman–Crippen LogP) is 4.63. The summed E-state index contributed by atoms with van der Waals surface area (Å²) in [6, 6.07) is 0. The largest absolute Gasteiger partial charge is 0.481 e. The van der Waals surface area contributed by atoms with Crippen molar-refractivity contribution in [2.75, 3.05) is 0 Å². The van der Waals surface area contributed by atoms with E-state index < -0.39 is 17.7 Å². The highest BCUT2D eigenvalue weighted by atomic mass is 17.4. The van der Waals surface area contributed by atoms with Crippen LogP contribution in [-0.4, -0.2) is 16.9 Å². The summed E-state index contributed by atoms with van der Waals surface area (Å²) in [7, 11) is 0. The van der Waals surface area contributed by atoms with Crippen LogP contribution in [0.1, 0.15) is 74.1 Å². The summed E-state index contributed by atoms with van der Waals surface area (Å²) in [6.45, 7) is 15.4. The van der Waals surface area contributed by atoms with Crippen molar-refractivity contribution in [2.45, 2.75) is 79.9 Å². The molecule has 1 saturated heterocycles. The SMILES string of the molecule is CCCC(C(=O)O)C1(CCC(C(C)(C)C)C(C)(C)C)OO1. The van der Waals surface area contributed by atoms with Crippen LogP contribution in [-0.2, 0) is 14.6 Å². The van der Waals surface area contributed by atoms with Gasteiger partial charge in [-0.05, 0) is 29.6 Å². The Morgan fingerprint density at radius 2 is 1.52 bits per heavy atom. The first-order chi connectivity index (χ1) is 9.44. The summed E-state index contributed by atoms with van der Waals surface area (Å²) in [6.07, 6.45) is 2.95. The molecule has 1 atom stereocenters. The maximum Gasteiger partial charge on any atom is 0.312 e. The van der Waals surface area contributed by atoms with Gasteiger partial charge in [0.25, 0.3) is 0 Å². The monoisotopic (exact) mass is 300 g/mol. The lowest BCUT2D eigenvalue weighted by Crippen LogP contribution is -2.36. The van der Waals surface area contributed by atoms with Crippen molar-refractivity contribution in [3.8, 4) is 0 Å². The van der Waals surface area contributed by atoms with E-state index in [0.29, 0.717) is 18.8 Å². The summed E-state index contributed by atoms with van der Waals surface area (Å²) in [5.41, 5.74) is 0.329. The summed E-state index contributed by atoms with van der Waals surface area (Å²) in [4.78, 5) is 21.8. The molecule has 1 aliphatic rings. The topological polar surface area (TPSA) is 62.4 Å². The van der Waals surface area contributed by atoms with Gasteiger partial charge in [0, 0.05) is 6.42 Å². The molecule has 0 amide bonds. The smallest absolute Gasteiger partial charge is 0.312 e. The summed E-state index contributed by atoms with van der Waals surface area (Å²) >= 11 is 0. The van der Waals surface area contributed by atoms with E-state index in [-0.39, 0.29) is 10.8 Å². The van der Waals surface area contributed by atoms with Crippen LogP contribution in [0.3, 0.4) is 0 Å². The van der Waals surface area contributed by atoms with E-state index >= 15 is 0 Å². The van der Waals surface area contributed by atoms with Crippen molar-refractivity contribution < 1.29 is 19.7 Å². The Labute approximate surface area is 129 Å². The van der Waals surface area contributed by atoms with Gasteiger partial charge in [-0.25, -0.2) is 0 Å². The molecule has 0 aromatic carbocycles. The van der Waals surface area contributed by atoms with Gasteiger partial charge in [-0.3, -0.25) is 4.79 Å². The molecule has 4 heteroatoms. The first kappa shape index (κ1) is 18.4. The quantitative estimate of drug-likeness (QED) is 0.550. The van der Waals surface area contributed by atoms with Crippen LogP contribution in [0.5, 0.6) is 0 Å². The van der Waals surface area contributed by atoms with Crippen molar-refractivity contribution in [3.63, 3.8) is 0 Å². The van der Waals surface area contributed by atoms with Crippen LogP contribution in [0.2, 0.25) is 0 Å². The number of carboxylic acid groups (broad SMARTS) is 1. The lowest BCUT2D eigenvalue weighted by Gasteiger charge is -2.41.